The molecule has 0 aliphatic carbocycles. The Labute approximate surface area is 167 Å². The molecule has 3 aromatic carbocycles. The lowest BCUT2D eigenvalue weighted by atomic mass is 9.96. The fourth-order valence-corrected chi connectivity index (χ4v) is 2.82. The number of carboxylic acid groups (broad SMARTS) is 1. The summed E-state index contributed by atoms with van der Waals surface area (Å²) in [4.78, 5) is 36.4. The van der Waals surface area contributed by atoms with E-state index in [0.717, 1.165) is 5.56 Å². The largest absolute Gasteiger partial charge is 0.488 e. The Morgan fingerprint density at radius 3 is 2.10 bits per heavy atom. The van der Waals surface area contributed by atoms with Crippen LogP contribution in [0, 0.1) is 0 Å². The minimum atomic E-state index is -1.23. The summed E-state index contributed by atoms with van der Waals surface area (Å²) in [6, 6.07) is 19.6. The number of benzene rings is 3. The Morgan fingerprint density at radius 1 is 0.828 bits per heavy atom. The van der Waals surface area contributed by atoms with Crippen LogP contribution in [0.4, 0.5) is 0 Å². The van der Waals surface area contributed by atoms with Gasteiger partial charge in [0.2, 0.25) is 0 Å². The number of ketones is 1. The fourth-order valence-electron chi connectivity index (χ4n) is 2.82. The molecule has 6 heteroatoms. The summed E-state index contributed by atoms with van der Waals surface area (Å²) in [6.07, 6.45) is 0. The number of ether oxygens (including phenoxy) is 2. The van der Waals surface area contributed by atoms with Crippen LogP contribution >= 0.6 is 0 Å². The Balaban J connectivity index is 1.96. The third-order valence-electron chi connectivity index (χ3n) is 4.29. The van der Waals surface area contributed by atoms with Crippen LogP contribution in [0.3, 0.4) is 0 Å². The molecule has 0 saturated heterocycles. The molecule has 0 radical (unpaired) electrons. The van der Waals surface area contributed by atoms with Crippen molar-refractivity contribution in [2.45, 2.75) is 6.61 Å². The summed E-state index contributed by atoms with van der Waals surface area (Å²) >= 11 is 0. The first-order valence-electron chi connectivity index (χ1n) is 8.77. The first kappa shape index (κ1) is 19.8. The molecule has 6 nitrogen and oxygen atoms in total. The summed E-state index contributed by atoms with van der Waals surface area (Å²) in [5.41, 5.74) is 1.21. The van der Waals surface area contributed by atoms with Gasteiger partial charge in [-0.15, -0.1) is 0 Å². The molecule has 0 atom stereocenters. The molecule has 0 aromatic heterocycles. The minimum absolute atomic E-state index is 0.0400. The highest BCUT2D eigenvalue weighted by Crippen LogP contribution is 2.27. The van der Waals surface area contributed by atoms with E-state index in [2.05, 4.69) is 4.74 Å². The summed E-state index contributed by atoms with van der Waals surface area (Å²) < 4.78 is 10.4. The van der Waals surface area contributed by atoms with E-state index in [0.29, 0.717) is 0 Å². The Bertz CT molecular complexity index is 1040. The van der Waals surface area contributed by atoms with Gasteiger partial charge in [-0.05, 0) is 29.8 Å². The van der Waals surface area contributed by atoms with Crippen LogP contribution in [0.1, 0.15) is 42.2 Å². The Morgan fingerprint density at radius 2 is 1.48 bits per heavy atom. The van der Waals surface area contributed by atoms with Crippen LogP contribution in [0.2, 0.25) is 0 Å². The van der Waals surface area contributed by atoms with Gasteiger partial charge in [-0.1, -0.05) is 48.5 Å². The van der Waals surface area contributed by atoms with Crippen molar-refractivity contribution in [1.82, 2.24) is 0 Å². The maximum atomic E-state index is 13.1. The molecule has 146 valence electrons. The second-order valence-corrected chi connectivity index (χ2v) is 6.16. The molecular formula is C23H18O6. The van der Waals surface area contributed by atoms with Crippen molar-refractivity contribution in [3.8, 4) is 5.75 Å². The van der Waals surface area contributed by atoms with Gasteiger partial charge in [-0.25, -0.2) is 9.59 Å². The molecule has 0 bridgehead atoms. The zero-order chi connectivity index (χ0) is 20.8. The van der Waals surface area contributed by atoms with Gasteiger partial charge in [0.25, 0.3) is 0 Å². The molecule has 0 heterocycles. The highest BCUT2D eigenvalue weighted by molar-refractivity contribution is 6.16. The van der Waals surface area contributed by atoms with Crippen LogP contribution in [-0.4, -0.2) is 29.9 Å². The minimum Gasteiger partial charge on any atom is -0.488 e. The fraction of sp³-hybridized carbons (Fsp3) is 0.0870. The van der Waals surface area contributed by atoms with Gasteiger partial charge in [0.1, 0.15) is 12.4 Å². The van der Waals surface area contributed by atoms with E-state index in [-0.39, 0.29) is 34.6 Å². The molecule has 0 fully saturated rings. The SMILES string of the molecule is COC(=O)c1ccc(C(=O)c2c(OCc3ccccc3)cccc2C(=O)O)cc1. The van der Waals surface area contributed by atoms with E-state index >= 15 is 0 Å². The first-order chi connectivity index (χ1) is 14.0. The van der Waals surface area contributed by atoms with E-state index in [1.807, 2.05) is 30.3 Å². The summed E-state index contributed by atoms with van der Waals surface area (Å²) in [6.45, 7) is 0.186. The average Bonchev–Trinajstić information content (AvgIpc) is 2.77. The third kappa shape index (κ3) is 4.50. The van der Waals surface area contributed by atoms with Gasteiger partial charge in [0.15, 0.2) is 5.78 Å². The van der Waals surface area contributed by atoms with Gasteiger partial charge >= 0.3 is 11.9 Å². The quantitative estimate of drug-likeness (QED) is 0.485. The number of carboxylic acids is 1. The lowest BCUT2D eigenvalue weighted by molar-refractivity contribution is 0.0599. The van der Waals surface area contributed by atoms with Crippen molar-refractivity contribution >= 4 is 17.7 Å². The molecule has 1 N–H and O–H groups in total. The summed E-state index contributed by atoms with van der Waals surface area (Å²) in [7, 11) is 1.26. The topological polar surface area (TPSA) is 89.9 Å². The molecule has 29 heavy (non-hydrogen) atoms. The molecule has 0 amide bonds. The van der Waals surface area contributed by atoms with Crippen molar-refractivity contribution in [3.63, 3.8) is 0 Å². The molecule has 3 aromatic rings. The first-order valence-corrected chi connectivity index (χ1v) is 8.77. The van der Waals surface area contributed by atoms with E-state index in [4.69, 9.17) is 4.74 Å². The Hall–Kier alpha value is -3.93. The van der Waals surface area contributed by atoms with Crippen molar-refractivity contribution in [2.75, 3.05) is 7.11 Å². The van der Waals surface area contributed by atoms with Crippen LogP contribution in [0.15, 0.2) is 72.8 Å². The number of methoxy groups -OCH3 is 1. The van der Waals surface area contributed by atoms with Crippen LogP contribution < -0.4 is 4.74 Å². The average molecular weight is 390 g/mol. The van der Waals surface area contributed by atoms with E-state index in [1.165, 1.54) is 43.5 Å². The lowest BCUT2D eigenvalue weighted by Gasteiger charge is -2.13. The molecule has 0 spiro atoms. The lowest BCUT2D eigenvalue weighted by Crippen LogP contribution is -2.13. The van der Waals surface area contributed by atoms with Gasteiger partial charge in [-0.3, -0.25) is 4.79 Å². The van der Waals surface area contributed by atoms with E-state index in [1.54, 1.807) is 6.07 Å². The van der Waals surface area contributed by atoms with Gasteiger partial charge in [-0.2, -0.15) is 0 Å². The number of esters is 1. The van der Waals surface area contributed by atoms with Gasteiger partial charge < -0.3 is 14.6 Å². The zero-order valence-electron chi connectivity index (χ0n) is 15.6. The second-order valence-electron chi connectivity index (χ2n) is 6.16. The third-order valence-corrected chi connectivity index (χ3v) is 4.29. The van der Waals surface area contributed by atoms with Crippen LogP contribution in [0.25, 0.3) is 0 Å². The second kappa shape index (κ2) is 8.84. The molecule has 0 saturated carbocycles. The maximum absolute atomic E-state index is 13.1. The predicted octanol–water partition coefficient (Wildman–Crippen LogP) is 3.98. The smallest absolute Gasteiger partial charge is 0.337 e. The predicted molar refractivity (Wildman–Crippen MR) is 105 cm³/mol. The number of carbonyl (C=O) groups is 3. The Kier molecular flexibility index (Phi) is 6.04. The number of rotatable bonds is 7. The molecule has 0 unspecified atom stereocenters. The standard InChI is InChI=1S/C23H18O6/c1-28-23(27)17-12-10-16(11-13-17)21(24)20-18(22(25)26)8-5-9-19(20)29-14-15-6-3-2-4-7-15/h2-13H,14H2,1H3,(H,25,26). The van der Waals surface area contributed by atoms with Crippen LogP contribution in [0.5, 0.6) is 5.75 Å². The zero-order valence-corrected chi connectivity index (χ0v) is 15.6. The van der Waals surface area contributed by atoms with Gasteiger partial charge in [0.05, 0.1) is 23.8 Å². The number of hydrogen-bond donors (Lipinski definition) is 1. The van der Waals surface area contributed by atoms with Crippen molar-refractivity contribution in [1.29, 1.82) is 0 Å². The molecular weight excluding hydrogens is 372 g/mol. The summed E-state index contributed by atoms with van der Waals surface area (Å²) in [5, 5.41) is 9.55. The monoisotopic (exact) mass is 390 g/mol. The highest BCUT2D eigenvalue weighted by Gasteiger charge is 2.23. The normalized spacial score (nSPS) is 10.2. The van der Waals surface area contributed by atoms with Crippen molar-refractivity contribution < 1.29 is 29.0 Å². The van der Waals surface area contributed by atoms with E-state index in [9.17, 15) is 19.5 Å². The number of hydrogen-bond acceptors (Lipinski definition) is 5. The highest BCUT2D eigenvalue weighted by atomic mass is 16.5. The van der Waals surface area contributed by atoms with Gasteiger partial charge in [0, 0.05) is 5.56 Å². The van der Waals surface area contributed by atoms with Crippen molar-refractivity contribution in [2.24, 2.45) is 0 Å². The molecule has 0 aliphatic heterocycles. The van der Waals surface area contributed by atoms with Crippen LogP contribution in [-0.2, 0) is 11.3 Å². The van der Waals surface area contributed by atoms with Crippen molar-refractivity contribution in [3.05, 3.63) is 101 Å². The summed E-state index contributed by atoms with van der Waals surface area (Å²) in [5.74, 6) is -2.09. The van der Waals surface area contributed by atoms with E-state index < -0.39 is 17.7 Å². The number of carbonyl (C=O) groups excluding carboxylic acids is 2. The molecule has 0 aliphatic rings. The maximum Gasteiger partial charge on any atom is 0.337 e. The molecule has 3 rings (SSSR count). The number of aromatic carboxylic acids is 1.